The third-order valence-electron chi connectivity index (χ3n) is 7.17. The maximum atomic E-state index is 10.2. The van der Waals surface area contributed by atoms with Crippen LogP contribution in [0.25, 0.3) is 10.9 Å². The Balaban J connectivity index is 1.63. The number of para-hydroxylation sites is 1. The molecule has 4 atom stereocenters. The summed E-state index contributed by atoms with van der Waals surface area (Å²) in [6, 6.07) is 8.74. The van der Waals surface area contributed by atoms with E-state index in [-0.39, 0.29) is 11.6 Å². The highest BCUT2D eigenvalue weighted by Gasteiger charge is 2.51. The second-order valence-corrected chi connectivity index (χ2v) is 8.44. The Morgan fingerprint density at radius 2 is 2.16 bits per heavy atom. The van der Waals surface area contributed by atoms with Gasteiger partial charge in [-0.15, -0.1) is 6.58 Å². The molecule has 0 bridgehead atoms. The van der Waals surface area contributed by atoms with Gasteiger partial charge in [0.2, 0.25) is 0 Å². The van der Waals surface area contributed by atoms with E-state index in [2.05, 4.69) is 46.8 Å². The Labute approximate surface area is 149 Å². The van der Waals surface area contributed by atoms with Gasteiger partial charge in [-0.05, 0) is 62.0 Å². The zero-order chi connectivity index (χ0) is 17.0. The second kappa shape index (κ2) is 5.72. The molecule has 1 aliphatic carbocycles. The molecule has 0 amide bonds. The van der Waals surface area contributed by atoms with E-state index in [1.165, 1.54) is 35.1 Å². The van der Waals surface area contributed by atoms with Crippen LogP contribution < -0.4 is 0 Å². The minimum Gasteiger partial charge on any atom is -0.393 e. The summed E-state index contributed by atoms with van der Waals surface area (Å²) in [6.45, 7) is 6.42. The molecule has 0 radical (unpaired) electrons. The molecule has 1 saturated carbocycles. The predicted octanol–water partition coefficient (Wildman–Crippen LogP) is 3.98. The molecule has 5 rings (SSSR count). The number of fused-ring (bicyclic) bond motifs is 6. The van der Waals surface area contributed by atoms with Crippen molar-refractivity contribution < 1.29 is 5.11 Å². The Bertz CT molecular complexity index is 809. The van der Waals surface area contributed by atoms with Gasteiger partial charge in [-0.2, -0.15) is 0 Å². The van der Waals surface area contributed by atoms with E-state index < -0.39 is 0 Å². The highest BCUT2D eigenvalue weighted by atomic mass is 16.3. The number of piperidine rings is 1. The van der Waals surface area contributed by atoms with E-state index in [9.17, 15) is 5.11 Å². The second-order valence-electron chi connectivity index (χ2n) is 8.44. The zero-order valence-electron chi connectivity index (χ0n) is 14.9. The molecule has 1 saturated heterocycles. The maximum absolute atomic E-state index is 10.2. The molecule has 1 aromatic carbocycles. The number of nitrogens with one attached hydrogen (secondary N) is 1. The van der Waals surface area contributed by atoms with Crippen molar-refractivity contribution in [1.82, 2.24) is 9.88 Å². The quantitative estimate of drug-likeness (QED) is 0.814. The number of aliphatic hydroxyl groups is 1. The standard InChI is InChI=1S/C22H28N2O/c1-2-10-22-13-16-12-17(25)8-7-15(16)14-24(22)11-9-19-18-5-3-4-6-20(18)23-21(19)22/h2-6,15-17,23,25H,1,7-14H2/t15-,16-,17+,22-/m0/s1. The number of aromatic nitrogens is 1. The molecule has 3 heteroatoms. The van der Waals surface area contributed by atoms with Gasteiger partial charge < -0.3 is 10.1 Å². The first-order chi connectivity index (χ1) is 12.2. The average molecular weight is 336 g/mol. The van der Waals surface area contributed by atoms with Crippen LogP contribution in [0.15, 0.2) is 36.9 Å². The Morgan fingerprint density at radius 3 is 3.04 bits per heavy atom. The van der Waals surface area contributed by atoms with Crippen LogP contribution in [-0.4, -0.2) is 34.2 Å². The molecule has 2 fully saturated rings. The monoisotopic (exact) mass is 336 g/mol. The number of nitrogens with zero attached hydrogens (tertiary/aromatic N) is 1. The number of hydrogen-bond acceptors (Lipinski definition) is 2. The lowest BCUT2D eigenvalue weighted by molar-refractivity contribution is -0.0618. The lowest BCUT2D eigenvalue weighted by Crippen LogP contribution is -2.58. The summed E-state index contributed by atoms with van der Waals surface area (Å²) in [5.41, 5.74) is 4.26. The van der Waals surface area contributed by atoms with Crippen molar-refractivity contribution in [1.29, 1.82) is 0 Å². The molecule has 3 nitrogen and oxygen atoms in total. The van der Waals surface area contributed by atoms with Gasteiger partial charge in [0.25, 0.3) is 0 Å². The Hall–Kier alpha value is -1.58. The molecule has 0 spiro atoms. The zero-order valence-corrected chi connectivity index (χ0v) is 14.9. The predicted molar refractivity (Wildman–Crippen MR) is 102 cm³/mol. The van der Waals surface area contributed by atoms with Gasteiger partial charge >= 0.3 is 0 Å². The highest BCUT2D eigenvalue weighted by Crippen LogP contribution is 2.52. The number of hydrogen-bond donors (Lipinski definition) is 2. The number of aliphatic hydroxyl groups excluding tert-OH is 1. The summed E-state index contributed by atoms with van der Waals surface area (Å²) in [6.07, 6.45) is 8.44. The van der Waals surface area contributed by atoms with E-state index in [0.717, 1.165) is 44.6 Å². The Morgan fingerprint density at radius 1 is 1.28 bits per heavy atom. The molecule has 2 aliphatic heterocycles. The summed E-state index contributed by atoms with van der Waals surface area (Å²) in [4.78, 5) is 6.54. The normalized spacial score (nSPS) is 35.0. The van der Waals surface area contributed by atoms with Gasteiger partial charge in [-0.1, -0.05) is 24.3 Å². The molecular weight excluding hydrogens is 308 g/mol. The van der Waals surface area contributed by atoms with Crippen molar-refractivity contribution in [2.75, 3.05) is 13.1 Å². The van der Waals surface area contributed by atoms with Gasteiger partial charge in [0.1, 0.15) is 0 Å². The van der Waals surface area contributed by atoms with Crippen LogP contribution in [0.5, 0.6) is 0 Å². The first-order valence-corrected chi connectivity index (χ1v) is 9.85. The molecular formula is C22H28N2O. The van der Waals surface area contributed by atoms with Gasteiger partial charge in [0.05, 0.1) is 11.6 Å². The highest BCUT2D eigenvalue weighted by molar-refractivity contribution is 5.85. The van der Waals surface area contributed by atoms with Gasteiger partial charge in [-0.25, -0.2) is 0 Å². The number of aromatic amines is 1. The largest absolute Gasteiger partial charge is 0.393 e. The van der Waals surface area contributed by atoms with Crippen molar-refractivity contribution in [3.8, 4) is 0 Å². The van der Waals surface area contributed by atoms with E-state index in [4.69, 9.17) is 0 Å². The molecule has 3 aliphatic rings. The van der Waals surface area contributed by atoms with E-state index >= 15 is 0 Å². The van der Waals surface area contributed by atoms with Gasteiger partial charge in [-0.3, -0.25) is 4.90 Å². The van der Waals surface area contributed by atoms with Crippen LogP contribution >= 0.6 is 0 Å². The fraction of sp³-hybridized carbons (Fsp3) is 0.545. The summed E-state index contributed by atoms with van der Waals surface area (Å²) in [5.74, 6) is 1.39. The maximum Gasteiger partial charge on any atom is 0.0652 e. The lowest BCUT2D eigenvalue weighted by Gasteiger charge is -2.56. The van der Waals surface area contributed by atoms with Gasteiger partial charge in [0, 0.05) is 29.7 Å². The molecule has 0 unspecified atom stereocenters. The van der Waals surface area contributed by atoms with E-state index in [1.807, 2.05) is 0 Å². The first-order valence-electron chi connectivity index (χ1n) is 9.85. The van der Waals surface area contributed by atoms with Crippen LogP contribution in [-0.2, 0) is 12.0 Å². The molecule has 2 aromatic rings. The lowest BCUT2D eigenvalue weighted by atomic mass is 9.64. The molecule has 25 heavy (non-hydrogen) atoms. The minimum absolute atomic E-state index is 0.0482. The van der Waals surface area contributed by atoms with Crippen LogP contribution in [0.2, 0.25) is 0 Å². The third kappa shape index (κ3) is 2.25. The van der Waals surface area contributed by atoms with Crippen LogP contribution in [0.3, 0.4) is 0 Å². The SMILES string of the molecule is C=CC[C@@]12C[C@@H]3C[C@H](O)CC[C@H]3CN1CCc1c2[nH]c2ccccc12. The topological polar surface area (TPSA) is 39.3 Å². The van der Waals surface area contributed by atoms with Crippen molar-refractivity contribution in [2.45, 2.75) is 50.2 Å². The first kappa shape index (κ1) is 15.7. The summed E-state index contributed by atoms with van der Waals surface area (Å²) >= 11 is 0. The van der Waals surface area contributed by atoms with E-state index in [0.29, 0.717) is 5.92 Å². The smallest absolute Gasteiger partial charge is 0.0652 e. The minimum atomic E-state index is -0.0978. The fourth-order valence-electron chi connectivity index (χ4n) is 6.04. The third-order valence-corrected chi connectivity index (χ3v) is 7.17. The van der Waals surface area contributed by atoms with Crippen molar-refractivity contribution in [3.05, 3.63) is 48.2 Å². The van der Waals surface area contributed by atoms with Gasteiger partial charge in [0.15, 0.2) is 0 Å². The molecule has 132 valence electrons. The number of H-pyrrole nitrogens is 1. The summed E-state index contributed by atoms with van der Waals surface area (Å²) < 4.78 is 0. The Kier molecular flexibility index (Phi) is 3.58. The summed E-state index contributed by atoms with van der Waals surface area (Å²) in [5, 5.41) is 11.6. The van der Waals surface area contributed by atoms with E-state index in [1.54, 1.807) is 0 Å². The van der Waals surface area contributed by atoms with Crippen molar-refractivity contribution in [3.63, 3.8) is 0 Å². The molecule has 1 aromatic heterocycles. The number of rotatable bonds is 2. The van der Waals surface area contributed by atoms with Crippen molar-refractivity contribution in [2.24, 2.45) is 11.8 Å². The number of benzene rings is 1. The summed E-state index contributed by atoms with van der Waals surface area (Å²) in [7, 11) is 0. The van der Waals surface area contributed by atoms with Crippen molar-refractivity contribution >= 4 is 10.9 Å². The van der Waals surface area contributed by atoms with Crippen LogP contribution in [0.1, 0.15) is 43.4 Å². The van der Waals surface area contributed by atoms with Crippen LogP contribution in [0.4, 0.5) is 0 Å². The average Bonchev–Trinajstić information content (AvgIpc) is 3.00. The molecule has 2 N–H and O–H groups in total. The van der Waals surface area contributed by atoms with Crippen LogP contribution in [0, 0.1) is 11.8 Å². The fourth-order valence-corrected chi connectivity index (χ4v) is 6.04. The molecule has 3 heterocycles.